The molecule has 50 heavy (non-hydrogen) atoms. The molecule has 0 aliphatic carbocycles. The van der Waals surface area contributed by atoms with Gasteiger partial charge in [0.2, 0.25) is 11.8 Å². The Labute approximate surface area is 291 Å². The fourth-order valence-corrected chi connectivity index (χ4v) is 5.56. The molecule has 0 spiro atoms. The predicted octanol–water partition coefficient (Wildman–Crippen LogP) is 8.32. The van der Waals surface area contributed by atoms with Crippen LogP contribution in [0.4, 0.5) is 0 Å². The average Bonchev–Trinajstić information content (AvgIpc) is 3.53. The van der Waals surface area contributed by atoms with Crippen LogP contribution in [0.3, 0.4) is 0 Å². The number of benzene rings is 4. The Balaban J connectivity index is 0.00000136. The van der Waals surface area contributed by atoms with Crippen LogP contribution < -0.4 is 9.47 Å². The second-order valence-electron chi connectivity index (χ2n) is 11.5. The molecule has 10 heteroatoms. The molecule has 6 rings (SSSR count). The summed E-state index contributed by atoms with van der Waals surface area (Å²) in [6, 6.07) is 24.1. The molecule has 2 aliphatic heterocycles. The first kappa shape index (κ1) is 36.9. The van der Waals surface area contributed by atoms with Gasteiger partial charge in [0.25, 0.3) is 23.6 Å². The molecule has 0 unspecified atom stereocenters. The zero-order valence-electron chi connectivity index (χ0n) is 29.5. The van der Waals surface area contributed by atoms with Crippen molar-refractivity contribution >= 4 is 35.4 Å². The van der Waals surface area contributed by atoms with Gasteiger partial charge in [-0.05, 0) is 71.8 Å². The minimum absolute atomic E-state index is 0.0426. The number of carbonyl (C=O) groups excluding carboxylic acids is 6. The zero-order valence-corrected chi connectivity index (χ0v) is 29.5. The van der Waals surface area contributed by atoms with Crippen molar-refractivity contribution in [3.8, 4) is 23.0 Å². The molecule has 0 bridgehead atoms. The van der Waals surface area contributed by atoms with E-state index in [0.717, 1.165) is 11.1 Å². The fourth-order valence-electron chi connectivity index (χ4n) is 5.56. The minimum atomic E-state index is -0.665. The van der Waals surface area contributed by atoms with Gasteiger partial charge in [0.15, 0.2) is 0 Å². The normalized spacial score (nSPS) is 13.1. The molecule has 6 amide bonds. The third kappa shape index (κ3) is 6.82. The Hall–Kier alpha value is -5.90. The van der Waals surface area contributed by atoms with Gasteiger partial charge in [-0.2, -0.15) is 0 Å². The van der Waals surface area contributed by atoms with E-state index in [9.17, 15) is 28.8 Å². The fraction of sp³-hybridized carbons (Fsp3) is 0.250. The van der Waals surface area contributed by atoms with Gasteiger partial charge >= 0.3 is 0 Å². The maximum atomic E-state index is 12.7. The van der Waals surface area contributed by atoms with Gasteiger partial charge in [-0.1, -0.05) is 72.7 Å². The molecule has 0 aromatic heterocycles. The number of carbonyl (C=O) groups is 6. The van der Waals surface area contributed by atoms with Crippen molar-refractivity contribution in [3.63, 3.8) is 0 Å². The summed E-state index contributed by atoms with van der Waals surface area (Å²) in [5.41, 5.74) is 2.21. The van der Waals surface area contributed by atoms with Crippen LogP contribution in [0.2, 0.25) is 0 Å². The number of ether oxygens (including phenoxy) is 2. The van der Waals surface area contributed by atoms with Gasteiger partial charge in [0.05, 0.1) is 22.3 Å². The van der Waals surface area contributed by atoms with E-state index in [-0.39, 0.29) is 28.7 Å². The maximum absolute atomic E-state index is 12.7. The van der Waals surface area contributed by atoms with Crippen LogP contribution >= 0.6 is 0 Å². The molecule has 0 N–H and O–H groups in total. The highest BCUT2D eigenvalue weighted by molar-refractivity contribution is 6.29. The Morgan fingerprint density at radius 1 is 0.540 bits per heavy atom. The van der Waals surface area contributed by atoms with Gasteiger partial charge < -0.3 is 9.47 Å². The van der Waals surface area contributed by atoms with Crippen LogP contribution in [0, 0.1) is 0 Å². The molecule has 4 aromatic carbocycles. The van der Waals surface area contributed by atoms with Crippen molar-refractivity contribution in [1.29, 1.82) is 0 Å². The maximum Gasteiger partial charge on any atom is 0.268 e. The smallest absolute Gasteiger partial charge is 0.268 e. The first-order chi connectivity index (χ1) is 23.9. The SMILES string of the molecule is CC.CC.CCC(=O)N1C(=O)c2ccc(Oc3ccc(C(C)(C)c4ccc(Oc5ccc6c(c5)C(=O)N(C(C)=O)C6=O)cc4)cc3)cc2C1=O. The lowest BCUT2D eigenvalue weighted by molar-refractivity contribution is -0.126. The van der Waals surface area contributed by atoms with E-state index in [1.165, 1.54) is 31.2 Å². The molecular weight excluding hydrogens is 636 g/mol. The molecule has 2 heterocycles. The van der Waals surface area contributed by atoms with Crippen molar-refractivity contribution < 1.29 is 38.2 Å². The molecule has 2 aliphatic rings. The first-order valence-corrected chi connectivity index (χ1v) is 16.6. The van der Waals surface area contributed by atoms with Gasteiger partial charge in [-0.3, -0.25) is 28.8 Å². The van der Waals surface area contributed by atoms with Crippen LogP contribution in [0.15, 0.2) is 84.9 Å². The number of rotatable bonds is 7. The summed E-state index contributed by atoms with van der Waals surface area (Å²) in [7, 11) is 0. The Kier molecular flexibility index (Phi) is 11.2. The molecule has 0 fully saturated rings. The zero-order chi connectivity index (χ0) is 36.9. The second kappa shape index (κ2) is 15.1. The van der Waals surface area contributed by atoms with E-state index in [1.54, 1.807) is 19.1 Å². The molecular formula is C40H40N2O8. The summed E-state index contributed by atoms with van der Waals surface area (Å²) in [5.74, 6) is -1.97. The molecule has 10 nitrogen and oxygen atoms in total. The van der Waals surface area contributed by atoms with Crippen LogP contribution in [0.25, 0.3) is 0 Å². The van der Waals surface area contributed by atoms with Crippen molar-refractivity contribution in [3.05, 3.63) is 118 Å². The van der Waals surface area contributed by atoms with E-state index in [0.29, 0.717) is 32.8 Å². The van der Waals surface area contributed by atoms with E-state index in [4.69, 9.17) is 9.47 Å². The average molecular weight is 677 g/mol. The number of hydrogen-bond acceptors (Lipinski definition) is 8. The minimum Gasteiger partial charge on any atom is -0.457 e. The highest BCUT2D eigenvalue weighted by Gasteiger charge is 2.40. The monoisotopic (exact) mass is 676 g/mol. The summed E-state index contributed by atoms with van der Waals surface area (Å²) < 4.78 is 11.9. The Morgan fingerprint density at radius 3 is 1.26 bits per heavy atom. The highest BCUT2D eigenvalue weighted by atomic mass is 16.5. The van der Waals surface area contributed by atoms with Crippen LogP contribution in [0.1, 0.15) is 114 Å². The lowest BCUT2D eigenvalue weighted by Gasteiger charge is -2.26. The molecule has 4 aromatic rings. The highest BCUT2D eigenvalue weighted by Crippen LogP contribution is 2.36. The van der Waals surface area contributed by atoms with E-state index in [2.05, 4.69) is 13.8 Å². The van der Waals surface area contributed by atoms with Gasteiger partial charge in [0, 0.05) is 18.8 Å². The molecule has 0 saturated heterocycles. The summed E-state index contributed by atoms with van der Waals surface area (Å²) in [6.07, 6.45) is 0.0426. The van der Waals surface area contributed by atoms with Crippen molar-refractivity contribution in [1.82, 2.24) is 9.80 Å². The number of hydrogen-bond donors (Lipinski definition) is 0. The first-order valence-electron chi connectivity index (χ1n) is 16.6. The van der Waals surface area contributed by atoms with Gasteiger partial charge in [-0.25, -0.2) is 9.80 Å². The molecule has 0 atom stereocenters. The summed E-state index contributed by atoms with van der Waals surface area (Å²) in [5, 5.41) is 0. The number of amides is 6. The van der Waals surface area contributed by atoms with Crippen molar-refractivity contribution in [2.24, 2.45) is 0 Å². The lowest BCUT2D eigenvalue weighted by Crippen LogP contribution is -2.35. The summed E-state index contributed by atoms with van der Waals surface area (Å²) in [6.45, 7) is 14.9. The topological polar surface area (TPSA) is 127 Å². The van der Waals surface area contributed by atoms with E-state index in [1.807, 2.05) is 76.2 Å². The third-order valence-corrected chi connectivity index (χ3v) is 8.21. The van der Waals surface area contributed by atoms with E-state index >= 15 is 0 Å². The molecule has 0 saturated carbocycles. The summed E-state index contributed by atoms with van der Waals surface area (Å²) in [4.78, 5) is 75.2. The standard InChI is InChI=1S/C36H28N2O8.2C2H6/c1-5-31(40)38-33(42)28-17-15-26(19-30(28)35(38)44)46-24-12-8-22(9-13-24)36(3,4)21-6-10-23(11-7-21)45-25-14-16-27-29(18-25)34(43)37(20(2)39)32(27)41;2*1-2/h6-19H,5H2,1-4H3;2*1-2H3. The summed E-state index contributed by atoms with van der Waals surface area (Å²) >= 11 is 0. The van der Waals surface area contributed by atoms with Crippen molar-refractivity contribution in [2.75, 3.05) is 0 Å². The quantitative estimate of drug-likeness (QED) is 0.179. The predicted molar refractivity (Wildman–Crippen MR) is 188 cm³/mol. The Morgan fingerprint density at radius 2 is 0.880 bits per heavy atom. The van der Waals surface area contributed by atoms with Gasteiger partial charge in [-0.15, -0.1) is 0 Å². The number of fused-ring (bicyclic) bond motifs is 2. The van der Waals surface area contributed by atoms with Crippen LogP contribution in [0.5, 0.6) is 23.0 Å². The van der Waals surface area contributed by atoms with E-state index < -0.39 is 40.9 Å². The lowest BCUT2D eigenvalue weighted by atomic mass is 9.78. The number of imide groups is 6. The second-order valence-corrected chi connectivity index (χ2v) is 11.5. The number of nitrogens with zero attached hydrogens (tertiary/aromatic N) is 2. The van der Waals surface area contributed by atoms with Gasteiger partial charge in [0.1, 0.15) is 23.0 Å². The Bertz CT molecular complexity index is 1980. The van der Waals surface area contributed by atoms with Crippen LogP contribution in [-0.4, -0.2) is 45.2 Å². The molecule has 0 radical (unpaired) electrons. The largest absolute Gasteiger partial charge is 0.457 e. The van der Waals surface area contributed by atoms with Crippen molar-refractivity contribution in [2.45, 2.75) is 67.2 Å². The van der Waals surface area contributed by atoms with Crippen LogP contribution in [-0.2, 0) is 15.0 Å². The third-order valence-electron chi connectivity index (χ3n) is 8.21. The molecule has 258 valence electrons.